The molecule has 4 aromatic heterocycles. The Hall–Kier alpha value is -5.76. The molecule has 2 unspecified atom stereocenters. The number of aromatic nitrogens is 4. The number of benzene rings is 2. The summed E-state index contributed by atoms with van der Waals surface area (Å²) in [4.78, 5) is 32.2. The van der Waals surface area contributed by atoms with Crippen LogP contribution in [0.1, 0.15) is 256 Å². The SMILES string of the molecule is CC(C)c1cc(N2c3cc(C(C)(C)C)ccc3N(c3cc(C(C)C)nc(C(C)C)c3)C2C2N(c3cc(C(C)C)nc(C(C)C)c3)c3ccc(C(C)(C)C)cc3N2c2cc(C(C)C)nc(C(C)C)c2)c(C(C)C)cn1. The highest BCUT2D eigenvalue weighted by Gasteiger charge is 2.53. The average Bonchev–Trinajstić information content (AvgIpc) is 3.85. The Morgan fingerprint density at radius 1 is 0.324 bits per heavy atom. The van der Waals surface area contributed by atoms with E-state index in [4.69, 9.17) is 19.9 Å². The Morgan fingerprint density at radius 3 is 0.919 bits per heavy atom. The number of hydrogen-bond donors (Lipinski definition) is 0. The van der Waals surface area contributed by atoms with Gasteiger partial charge in [-0.3, -0.25) is 19.9 Å². The molecule has 0 aliphatic carbocycles. The van der Waals surface area contributed by atoms with E-state index in [1.807, 2.05) is 0 Å². The van der Waals surface area contributed by atoms with Gasteiger partial charge in [0.25, 0.3) is 0 Å². The van der Waals surface area contributed by atoms with E-state index in [1.54, 1.807) is 0 Å². The minimum absolute atomic E-state index is 0.112. The summed E-state index contributed by atoms with van der Waals surface area (Å²) in [5.41, 5.74) is 20.5. The van der Waals surface area contributed by atoms with E-state index in [1.165, 1.54) is 45.1 Å². The highest BCUT2D eigenvalue weighted by atomic mass is 15.5. The molecule has 6 aromatic rings. The van der Waals surface area contributed by atoms with Gasteiger partial charge in [-0.2, -0.15) is 0 Å². The molecular formula is C66H90N8. The molecule has 0 saturated carbocycles. The molecule has 8 heteroatoms. The second kappa shape index (κ2) is 20.4. The van der Waals surface area contributed by atoms with Crippen molar-refractivity contribution in [1.29, 1.82) is 0 Å². The second-order valence-electron chi connectivity index (χ2n) is 26.1. The number of hydrogen-bond acceptors (Lipinski definition) is 8. The zero-order valence-corrected chi connectivity index (χ0v) is 49.4. The molecule has 0 amide bonds. The first-order valence-corrected chi connectivity index (χ1v) is 28.1. The van der Waals surface area contributed by atoms with Gasteiger partial charge in [-0.15, -0.1) is 0 Å². The maximum atomic E-state index is 5.39. The fourth-order valence-corrected chi connectivity index (χ4v) is 10.6. The summed E-state index contributed by atoms with van der Waals surface area (Å²) in [6, 6.07) is 31.3. The van der Waals surface area contributed by atoms with Gasteiger partial charge in [0.2, 0.25) is 0 Å². The smallest absolute Gasteiger partial charge is 0.151 e. The topological polar surface area (TPSA) is 64.5 Å². The van der Waals surface area contributed by atoms with Crippen LogP contribution in [0.2, 0.25) is 0 Å². The van der Waals surface area contributed by atoms with Gasteiger partial charge >= 0.3 is 0 Å². The monoisotopic (exact) mass is 995 g/mol. The van der Waals surface area contributed by atoms with E-state index in [9.17, 15) is 0 Å². The van der Waals surface area contributed by atoms with Crippen LogP contribution in [0.3, 0.4) is 0 Å². The van der Waals surface area contributed by atoms with Gasteiger partial charge in [0, 0.05) is 63.1 Å². The molecule has 74 heavy (non-hydrogen) atoms. The molecule has 0 spiro atoms. The van der Waals surface area contributed by atoms with Gasteiger partial charge in [-0.1, -0.05) is 164 Å². The fourth-order valence-electron chi connectivity index (χ4n) is 10.6. The lowest BCUT2D eigenvalue weighted by Crippen LogP contribution is -2.58. The minimum Gasteiger partial charge on any atom is -0.314 e. The lowest BCUT2D eigenvalue weighted by Gasteiger charge is -2.45. The zero-order chi connectivity index (χ0) is 54.2. The summed E-state index contributed by atoms with van der Waals surface area (Å²) in [5.74, 6) is 1.71. The Labute approximate surface area is 447 Å². The van der Waals surface area contributed by atoms with Crippen LogP contribution in [0.25, 0.3) is 0 Å². The molecule has 6 heterocycles. The van der Waals surface area contributed by atoms with Crippen molar-refractivity contribution in [2.75, 3.05) is 19.6 Å². The fraction of sp³-hybridized carbons (Fsp3) is 0.515. The Morgan fingerprint density at radius 2 is 0.622 bits per heavy atom. The van der Waals surface area contributed by atoms with Crippen LogP contribution in [-0.2, 0) is 10.8 Å². The van der Waals surface area contributed by atoms with Gasteiger partial charge in [-0.05, 0) is 142 Å². The van der Waals surface area contributed by atoms with Crippen molar-refractivity contribution in [2.45, 2.75) is 223 Å². The number of nitrogens with zero attached hydrogens (tertiary/aromatic N) is 8. The largest absolute Gasteiger partial charge is 0.314 e. The van der Waals surface area contributed by atoms with Crippen molar-refractivity contribution in [2.24, 2.45) is 0 Å². The minimum atomic E-state index is -0.371. The van der Waals surface area contributed by atoms with Crippen LogP contribution in [0.4, 0.5) is 45.5 Å². The Kier molecular flexibility index (Phi) is 15.0. The standard InChI is InChI=1S/C66H90N8/c1-37(2)50-36-67-51(38(3)4)35-60(50)74-62-28-46(66(20,21)22)24-26-59(62)72(48-31-54(41(9)10)69-55(32-48)42(11)12)64(74)63-71(47-29-52(39(5)6)68-53(30-47)40(7)8)58-25-23-45(65(17,18)19)27-61(58)73(63)49-33-56(43(13)14)70-57(34-49)44(15)16/h23-44,63-64H,1-22H3. The third kappa shape index (κ3) is 10.3. The number of anilines is 8. The molecule has 0 bridgehead atoms. The molecule has 2 aliphatic heterocycles. The number of rotatable bonds is 13. The molecule has 0 N–H and O–H groups in total. The van der Waals surface area contributed by atoms with E-state index in [0.29, 0.717) is 0 Å². The molecule has 8 nitrogen and oxygen atoms in total. The van der Waals surface area contributed by atoms with Crippen LogP contribution >= 0.6 is 0 Å². The number of fused-ring (bicyclic) bond motifs is 2. The van der Waals surface area contributed by atoms with Crippen LogP contribution < -0.4 is 19.6 Å². The predicted molar refractivity (Wildman–Crippen MR) is 316 cm³/mol. The summed E-state index contributed by atoms with van der Waals surface area (Å²) in [5, 5.41) is 0. The number of pyridine rings is 4. The first-order chi connectivity index (χ1) is 34.6. The van der Waals surface area contributed by atoms with Crippen molar-refractivity contribution < 1.29 is 0 Å². The maximum Gasteiger partial charge on any atom is 0.151 e. The molecule has 394 valence electrons. The summed E-state index contributed by atoms with van der Waals surface area (Å²) < 4.78 is 0. The predicted octanol–water partition coefficient (Wildman–Crippen LogP) is 18.8. The third-order valence-corrected chi connectivity index (χ3v) is 15.4. The quantitative estimate of drug-likeness (QED) is 0.113. The van der Waals surface area contributed by atoms with Gasteiger partial charge in [0.05, 0.1) is 28.4 Å². The molecule has 0 saturated heterocycles. The summed E-state index contributed by atoms with van der Waals surface area (Å²) in [6.45, 7) is 50.6. The molecule has 2 aliphatic rings. The van der Waals surface area contributed by atoms with Crippen molar-refractivity contribution in [3.8, 4) is 0 Å². The molecule has 8 rings (SSSR count). The molecule has 0 fully saturated rings. The van der Waals surface area contributed by atoms with Crippen molar-refractivity contribution in [1.82, 2.24) is 19.9 Å². The van der Waals surface area contributed by atoms with Crippen molar-refractivity contribution in [3.05, 3.63) is 142 Å². The molecular weight excluding hydrogens is 905 g/mol. The normalized spacial score (nSPS) is 16.3. The van der Waals surface area contributed by atoms with Crippen LogP contribution in [-0.4, -0.2) is 32.3 Å². The lowest BCUT2D eigenvalue weighted by atomic mass is 9.86. The van der Waals surface area contributed by atoms with E-state index in [-0.39, 0.29) is 70.5 Å². The first-order valence-electron chi connectivity index (χ1n) is 28.1. The lowest BCUT2D eigenvalue weighted by molar-refractivity contribution is 0.545. The summed E-state index contributed by atoms with van der Waals surface area (Å²) >= 11 is 0. The van der Waals surface area contributed by atoms with Gasteiger partial charge in [0.15, 0.2) is 12.3 Å². The van der Waals surface area contributed by atoms with Gasteiger partial charge in [0.1, 0.15) is 0 Å². The first kappa shape index (κ1) is 54.5. The molecule has 2 aromatic carbocycles. The van der Waals surface area contributed by atoms with E-state index < -0.39 is 0 Å². The van der Waals surface area contributed by atoms with Crippen molar-refractivity contribution >= 4 is 45.5 Å². The second-order valence-corrected chi connectivity index (χ2v) is 26.1. The summed E-state index contributed by atoms with van der Waals surface area (Å²) in [6.07, 6.45) is 1.44. The highest BCUT2D eigenvalue weighted by Crippen LogP contribution is 2.58. The van der Waals surface area contributed by atoms with Crippen LogP contribution in [0.15, 0.2) is 85.1 Å². The summed E-state index contributed by atoms with van der Waals surface area (Å²) in [7, 11) is 0. The van der Waals surface area contributed by atoms with Crippen molar-refractivity contribution in [3.63, 3.8) is 0 Å². The molecule has 2 atom stereocenters. The van der Waals surface area contributed by atoms with E-state index >= 15 is 0 Å². The van der Waals surface area contributed by atoms with Gasteiger partial charge in [-0.25, -0.2) is 0 Å². The van der Waals surface area contributed by atoms with Crippen LogP contribution in [0.5, 0.6) is 0 Å². The van der Waals surface area contributed by atoms with Gasteiger partial charge < -0.3 is 19.6 Å². The molecule has 0 radical (unpaired) electrons. The highest BCUT2D eigenvalue weighted by molar-refractivity contribution is 5.95. The van der Waals surface area contributed by atoms with E-state index in [0.717, 1.165) is 56.9 Å². The maximum absolute atomic E-state index is 5.39. The zero-order valence-electron chi connectivity index (χ0n) is 49.4. The van der Waals surface area contributed by atoms with E-state index in [2.05, 4.69) is 257 Å². The third-order valence-electron chi connectivity index (χ3n) is 15.4. The average molecular weight is 996 g/mol. The Balaban J connectivity index is 1.63. The Bertz CT molecular complexity index is 2920. The van der Waals surface area contributed by atoms with Crippen LogP contribution in [0, 0.1) is 0 Å².